The van der Waals surface area contributed by atoms with Gasteiger partial charge in [0.15, 0.2) is 0 Å². The van der Waals surface area contributed by atoms with Crippen molar-refractivity contribution in [3.8, 4) is 0 Å². The molecule has 0 fully saturated rings. The molecule has 1 aliphatic heterocycles. The van der Waals surface area contributed by atoms with Crippen molar-refractivity contribution in [3.63, 3.8) is 0 Å². The second-order valence-electron chi connectivity index (χ2n) is 4.00. The van der Waals surface area contributed by atoms with Crippen molar-refractivity contribution in [1.82, 2.24) is 15.3 Å². The lowest BCUT2D eigenvalue weighted by Gasteiger charge is -2.12. The van der Waals surface area contributed by atoms with E-state index in [4.69, 9.17) is 0 Å². The average Bonchev–Trinajstić information content (AvgIpc) is 2.73. The summed E-state index contributed by atoms with van der Waals surface area (Å²) in [7, 11) is 0. The van der Waals surface area contributed by atoms with Gasteiger partial charge in [-0.2, -0.15) is 0 Å². The van der Waals surface area contributed by atoms with Crippen LogP contribution < -0.4 is 35.7 Å². The van der Waals surface area contributed by atoms with Crippen LogP contribution in [0.25, 0.3) is 16.6 Å². The highest BCUT2D eigenvalue weighted by Crippen LogP contribution is 2.25. The molecule has 0 radical (unpaired) electrons. The maximum absolute atomic E-state index is 11.3. The summed E-state index contributed by atoms with van der Waals surface area (Å²) in [5.74, 6) is 0. The minimum absolute atomic E-state index is 0. The lowest BCUT2D eigenvalue weighted by molar-refractivity contribution is -0.001000. The zero-order chi connectivity index (χ0) is 11.0. The van der Waals surface area contributed by atoms with Gasteiger partial charge in [-0.15, -0.1) is 0 Å². The van der Waals surface area contributed by atoms with Crippen LogP contribution in [0.3, 0.4) is 0 Å². The summed E-state index contributed by atoms with van der Waals surface area (Å²) in [4.78, 5) is 17.4. The summed E-state index contributed by atoms with van der Waals surface area (Å²) >= 11 is 0. The first-order chi connectivity index (χ1) is 7.84. The van der Waals surface area contributed by atoms with Gasteiger partial charge >= 0.3 is 0 Å². The summed E-state index contributed by atoms with van der Waals surface area (Å²) < 4.78 is 0. The molecular weight excluding hydrogens is 289 g/mol. The quantitative estimate of drug-likeness (QED) is 0.490. The van der Waals surface area contributed by atoms with Crippen LogP contribution >= 0.6 is 0 Å². The zero-order valence-corrected chi connectivity index (χ0v) is 11.6. The largest absolute Gasteiger partial charge is 1.00 e. The monoisotopic (exact) mass is 303 g/mol. The molecule has 5 N–H and O–H groups in total. The highest BCUT2D eigenvalue weighted by atomic mass is 35.5. The molecule has 3 heterocycles. The number of fused-ring (bicyclic) bond motifs is 1. The van der Waals surface area contributed by atoms with Crippen LogP contribution in [-0.4, -0.2) is 28.5 Å². The van der Waals surface area contributed by atoms with Crippen LogP contribution in [0, 0.1) is 0 Å². The molecule has 0 bridgehead atoms. The Morgan fingerprint density at radius 3 is 2.63 bits per heavy atom. The van der Waals surface area contributed by atoms with Gasteiger partial charge in [-0.05, 0) is 24.6 Å². The van der Waals surface area contributed by atoms with E-state index in [2.05, 4.69) is 21.4 Å². The Hall–Kier alpha value is -1.27. The number of halogens is 2. The van der Waals surface area contributed by atoms with E-state index in [1.54, 1.807) is 6.07 Å². The lowest BCUT2D eigenvalue weighted by atomic mass is 10.0. The number of nitrogens with one attached hydrogen (secondary N) is 3. The predicted octanol–water partition coefficient (Wildman–Crippen LogP) is -5.58. The molecule has 0 atom stereocenters. The zero-order valence-electron chi connectivity index (χ0n) is 10.1. The third-order valence-electron chi connectivity index (χ3n) is 2.97. The second kappa shape index (κ2) is 7.35. The van der Waals surface area contributed by atoms with Crippen molar-refractivity contribution in [3.05, 3.63) is 40.3 Å². The van der Waals surface area contributed by atoms with E-state index in [0.717, 1.165) is 36.1 Å². The Kier molecular flexibility index (Phi) is 6.86. The molecule has 0 amide bonds. The summed E-state index contributed by atoms with van der Waals surface area (Å²) in [6.07, 6.45) is 5.15. The highest BCUT2D eigenvalue weighted by molar-refractivity contribution is 5.89. The van der Waals surface area contributed by atoms with Crippen molar-refractivity contribution in [2.75, 3.05) is 13.1 Å². The minimum Gasteiger partial charge on any atom is -1.00 e. The molecule has 7 heteroatoms. The average molecular weight is 304 g/mol. The number of pyridine rings is 1. The minimum atomic E-state index is -0.0529. The molecule has 2 aromatic heterocycles. The number of aromatic amines is 2. The smallest absolute Gasteiger partial charge is 0.248 e. The highest BCUT2D eigenvalue weighted by Gasteiger charge is 2.11. The molecule has 0 saturated carbocycles. The standard InChI is InChI=1S/C12H13N3O.2ClH.H2O/c16-11-2-1-10-12(15-11)9(7-14-10)8-3-5-13-6-4-8;;;/h1-3,7,13-14H,4-6H2,(H,15,16);2*1H;1H2/p-2. The maximum Gasteiger partial charge on any atom is 0.248 e. The Balaban J connectivity index is 0.00000108. The first-order valence-corrected chi connectivity index (χ1v) is 5.45. The third kappa shape index (κ3) is 3.39. The third-order valence-corrected chi connectivity index (χ3v) is 2.97. The number of rotatable bonds is 1. The van der Waals surface area contributed by atoms with Gasteiger partial charge in [-0.25, -0.2) is 0 Å². The van der Waals surface area contributed by atoms with Crippen molar-refractivity contribution in [1.29, 1.82) is 0 Å². The summed E-state index contributed by atoms with van der Waals surface area (Å²) in [5.41, 5.74) is 4.26. The van der Waals surface area contributed by atoms with Gasteiger partial charge in [0, 0.05) is 24.4 Å². The first-order valence-electron chi connectivity index (χ1n) is 5.45. The molecule has 0 unspecified atom stereocenters. The Morgan fingerprint density at radius 2 is 1.95 bits per heavy atom. The lowest BCUT2D eigenvalue weighted by Crippen LogP contribution is -3.00. The van der Waals surface area contributed by atoms with Crippen LogP contribution in [0.15, 0.2) is 29.2 Å². The molecule has 0 aromatic carbocycles. The molecule has 5 nitrogen and oxygen atoms in total. The Morgan fingerprint density at radius 1 is 1.16 bits per heavy atom. The second-order valence-corrected chi connectivity index (χ2v) is 4.00. The van der Waals surface area contributed by atoms with Gasteiger partial charge in [-0.3, -0.25) is 4.79 Å². The van der Waals surface area contributed by atoms with Crippen LogP contribution in [0.2, 0.25) is 0 Å². The normalized spacial score (nSPS) is 13.8. The molecule has 0 saturated heterocycles. The molecule has 1 aliphatic rings. The van der Waals surface area contributed by atoms with E-state index in [-0.39, 0.29) is 35.8 Å². The van der Waals surface area contributed by atoms with E-state index < -0.39 is 0 Å². The van der Waals surface area contributed by atoms with Gasteiger partial charge < -0.3 is 45.6 Å². The summed E-state index contributed by atoms with van der Waals surface area (Å²) in [6, 6.07) is 3.36. The Labute approximate surface area is 122 Å². The van der Waals surface area contributed by atoms with Gasteiger partial charge in [0.2, 0.25) is 5.56 Å². The van der Waals surface area contributed by atoms with Crippen LogP contribution in [0.1, 0.15) is 12.0 Å². The molecule has 19 heavy (non-hydrogen) atoms. The number of hydrogen-bond donors (Lipinski definition) is 3. The number of aromatic nitrogens is 2. The molecule has 0 aliphatic carbocycles. The van der Waals surface area contributed by atoms with Gasteiger partial charge in [0.05, 0.1) is 11.0 Å². The predicted molar refractivity (Wildman–Crippen MR) is 68.0 cm³/mol. The molecule has 2 aromatic rings. The first kappa shape index (κ1) is 17.7. The van der Waals surface area contributed by atoms with Crippen molar-refractivity contribution in [2.24, 2.45) is 0 Å². The van der Waals surface area contributed by atoms with Crippen LogP contribution in [0.4, 0.5) is 0 Å². The van der Waals surface area contributed by atoms with E-state index in [0.29, 0.717) is 0 Å². The fourth-order valence-electron chi connectivity index (χ4n) is 2.15. The number of hydrogen-bond acceptors (Lipinski definition) is 2. The van der Waals surface area contributed by atoms with Gasteiger partial charge in [0.1, 0.15) is 0 Å². The van der Waals surface area contributed by atoms with E-state index >= 15 is 0 Å². The topological polar surface area (TPSA) is 92.2 Å². The summed E-state index contributed by atoms with van der Waals surface area (Å²) in [5, 5.41) is 3.28. The fourth-order valence-corrected chi connectivity index (χ4v) is 2.15. The van der Waals surface area contributed by atoms with Crippen molar-refractivity contribution in [2.45, 2.75) is 6.42 Å². The maximum atomic E-state index is 11.3. The number of H-pyrrole nitrogens is 2. The molecule has 3 rings (SSSR count). The molecule has 0 spiro atoms. The van der Waals surface area contributed by atoms with E-state index in [9.17, 15) is 4.79 Å². The van der Waals surface area contributed by atoms with Crippen LogP contribution in [-0.2, 0) is 0 Å². The molecular formula is C12H15Cl2N3O2-2. The fraction of sp³-hybridized carbons (Fsp3) is 0.250. The molecule has 106 valence electrons. The SMILES string of the molecule is O.O=c1ccc2[nH]cc(C3=CCNCC3)c2[nH]1.[Cl-].[Cl-]. The van der Waals surface area contributed by atoms with Crippen molar-refractivity contribution < 1.29 is 30.3 Å². The van der Waals surface area contributed by atoms with Gasteiger partial charge in [-0.1, -0.05) is 6.08 Å². The van der Waals surface area contributed by atoms with Crippen LogP contribution in [0.5, 0.6) is 0 Å². The summed E-state index contributed by atoms with van der Waals surface area (Å²) in [6.45, 7) is 1.90. The van der Waals surface area contributed by atoms with Crippen molar-refractivity contribution >= 4 is 16.6 Å². The van der Waals surface area contributed by atoms with E-state index in [1.165, 1.54) is 5.57 Å². The van der Waals surface area contributed by atoms with Gasteiger partial charge in [0.25, 0.3) is 0 Å². The Bertz CT molecular complexity index is 619. The van der Waals surface area contributed by atoms with E-state index in [1.807, 2.05) is 12.3 Å².